The van der Waals surface area contributed by atoms with Crippen LogP contribution in [0.4, 0.5) is 0 Å². The first kappa shape index (κ1) is 18.0. The van der Waals surface area contributed by atoms with Gasteiger partial charge in [0.15, 0.2) is 16.7 Å². The van der Waals surface area contributed by atoms with Crippen LogP contribution < -0.4 is 5.32 Å². The minimum atomic E-state index is 0.0856. The van der Waals surface area contributed by atoms with Gasteiger partial charge in [0, 0.05) is 12.6 Å². The molecule has 2 aromatic heterocycles. The van der Waals surface area contributed by atoms with Crippen LogP contribution >= 0.6 is 11.8 Å². The van der Waals surface area contributed by atoms with Crippen molar-refractivity contribution in [1.29, 1.82) is 0 Å². The maximum Gasteiger partial charge on any atom is 0.230 e. The van der Waals surface area contributed by atoms with Gasteiger partial charge in [-0.2, -0.15) is 0 Å². The summed E-state index contributed by atoms with van der Waals surface area (Å²) in [5.74, 6) is 1.88. The number of furan rings is 1. The number of rotatable bonds is 7. The van der Waals surface area contributed by atoms with Crippen molar-refractivity contribution in [3.8, 4) is 11.6 Å². The number of carbonyl (C=O) groups excluding carboxylic acids is 1. The highest BCUT2D eigenvalue weighted by molar-refractivity contribution is 7.99. The maximum absolute atomic E-state index is 12.3. The topological polar surface area (TPSA) is 73.0 Å². The van der Waals surface area contributed by atoms with E-state index >= 15 is 0 Å². The van der Waals surface area contributed by atoms with Crippen LogP contribution in [0.5, 0.6) is 0 Å². The highest BCUT2D eigenvalue weighted by Crippen LogP contribution is 2.25. The Morgan fingerprint density at radius 3 is 2.80 bits per heavy atom. The first-order valence-corrected chi connectivity index (χ1v) is 10.2. The number of amides is 1. The molecule has 2 heterocycles. The number of thioether (sulfide) groups is 1. The van der Waals surface area contributed by atoms with Gasteiger partial charge in [-0.15, -0.1) is 10.2 Å². The molecule has 0 saturated heterocycles. The quantitative estimate of drug-likeness (QED) is 0.598. The summed E-state index contributed by atoms with van der Waals surface area (Å²) in [6.45, 7) is 2.91. The summed E-state index contributed by atoms with van der Waals surface area (Å²) in [7, 11) is 0. The van der Waals surface area contributed by atoms with E-state index in [1.807, 2.05) is 16.7 Å². The minimum absolute atomic E-state index is 0.0856. The molecule has 2 aromatic rings. The number of carbonyl (C=O) groups is 1. The fourth-order valence-electron chi connectivity index (χ4n) is 3.23. The van der Waals surface area contributed by atoms with Crippen LogP contribution in [0.2, 0.25) is 0 Å². The Balaban J connectivity index is 1.59. The van der Waals surface area contributed by atoms with Crippen LogP contribution in [0.15, 0.2) is 28.0 Å². The fourth-order valence-corrected chi connectivity index (χ4v) is 4.01. The van der Waals surface area contributed by atoms with Gasteiger partial charge >= 0.3 is 0 Å². The molecular weight excluding hydrogens is 336 g/mol. The zero-order valence-electron chi connectivity index (χ0n) is 14.7. The SMILES string of the molecule is CCCn1c(SCC(=O)NC2CCCCCC2)nnc1-c1ccco1. The van der Waals surface area contributed by atoms with Crippen molar-refractivity contribution in [3.05, 3.63) is 18.4 Å². The predicted molar refractivity (Wildman–Crippen MR) is 98.4 cm³/mol. The normalized spacial score (nSPS) is 15.9. The average Bonchev–Trinajstić information content (AvgIpc) is 3.19. The predicted octanol–water partition coefficient (Wildman–Crippen LogP) is 3.88. The highest BCUT2D eigenvalue weighted by Gasteiger charge is 2.18. The summed E-state index contributed by atoms with van der Waals surface area (Å²) >= 11 is 1.44. The van der Waals surface area contributed by atoms with Gasteiger partial charge < -0.3 is 9.73 Å². The third-order valence-electron chi connectivity index (χ3n) is 4.46. The Labute approximate surface area is 152 Å². The average molecular weight is 362 g/mol. The maximum atomic E-state index is 12.3. The summed E-state index contributed by atoms with van der Waals surface area (Å²) in [6.07, 6.45) is 9.81. The van der Waals surface area contributed by atoms with Gasteiger partial charge in [-0.25, -0.2) is 0 Å². The summed E-state index contributed by atoms with van der Waals surface area (Å²) < 4.78 is 7.48. The molecule has 1 N–H and O–H groups in total. The standard InChI is InChI=1S/C18H26N4O2S/c1-2-11-22-17(15-10-7-12-24-15)20-21-18(22)25-13-16(23)19-14-8-5-3-4-6-9-14/h7,10,12,14H,2-6,8-9,11,13H2,1H3,(H,19,23). The number of aromatic nitrogens is 3. The van der Waals surface area contributed by atoms with Gasteiger partial charge in [0.1, 0.15) is 0 Å². The lowest BCUT2D eigenvalue weighted by molar-refractivity contribution is -0.119. The second kappa shape index (κ2) is 9.08. The van der Waals surface area contributed by atoms with Gasteiger partial charge in [-0.05, 0) is 31.4 Å². The second-order valence-electron chi connectivity index (χ2n) is 6.48. The van der Waals surface area contributed by atoms with E-state index in [-0.39, 0.29) is 5.91 Å². The van der Waals surface area contributed by atoms with Gasteiger partial charge in [0.25, 0.3) is 0 Å². The van der Waals surface area contributed by atoms with E-state index in [0.29, 0.717) is 17.6 Å². The van der Waals surface area contributed by atoms with E-state index in [4.69, 9.17) is 4.42 Å². The van der Waals surface area contributed by atoms with Crippen molar-refractivity contribution in [2.75, 3.05) is 5.75 Å². The molecule has 3 rings (SSSR count). The van der Waals surface area contributed by atoms with Crippen molar-refractivity contribution in [3.63, 3.8) is 0 Å². The van der Waals surface area contributed by atoms with Crippen LogP contribution in [0.3, 0.4) is 0 Å². The zero-order valence-corrected chi connectivity index (χ0v) is 15.6. The molecule has 1 fully saturated rings. The van der Waals surface area contributed by atoms with E-state index in [1.54, 1.807) is 6.26 Å². The van der Waals surface area contributed by atoms with Crippen molar-refractivity contribution >= 4 is 17.7 Å². The second-order valence-corrected chi connectivity index (χ2v) is 7.42. The molecule has 0 atom stereocenters. The highest BCUT2D eigenvalue weighted by atomic mass is 32.2. The first-order valence-electron chi connectivity index (χ1n) is 9.17. The van der Waals surface area contributed by atoms with Crippen molar-refractivity contribution in [1.82, 2.24) is 20.1 Å². The molecule has 0 radical (unpaired) electrons. The van der Waals surface area contributed by atoms with Crippen LogP contribution in [-0.2, 0) is 11.3 Å². The Kier molecular flexibility index (Phi) is 6.55. The fraction of sp³-hybridized carbons (Fsp3) is 0.611. The molecule has 1 aliphatic rings. The van der Waals surface area contributed by atoms with Gasteiger partial charge in [-0.1, -0.05) is 44.4 Å². The molecular formula is C18H26N4O2S. The van der Waals surface area contributed by atoms with Crippen LogP contribution in [0.25, 0.3) is 11.6 Å². The summed E-state index contributed by atoms with van der Waals surface area (Å²) in [5, 5.41) is 12.5. The van der Waals surface area contributed by atoms with Crippen LogP contribution in [0, 0.1) is 0 Å². The van der Waals surface area contributed by atoms with Gasteiger partial charge in [0.2, 0.25) is 5.91 Å². The van der Waals surface area contributed by atoms with E-state index in [1.165, 1.54) is 37.4 Å². The largest absolute Gasteiger partial charge is 0.461 e. The van der Waals surface area contributed by atoms with E-state index in [2.05, 4.69) is 22.4 Å². The van der Waals surface area contributed by atoms with Crippen molar-refractivity contribution in [2.45, 2.75) is 69.6 Å². The molecule has 6 nitrogen and oxygen atoms in total. The van der Waals surface area contributed by atoms with E-state index in [0.717, 1.165) is 36.8 Å². The molecule has 0 unspecified atom stereocenters. The number of hydrogen-bond donors (Lipinski definition) is 1. The molecule has 1 saturated carbocycles. The van der Waals surface area contributed by atoms with Crippen LogP contribution in [0.1, 0.15) is 51.9 Å². The third kappa shape index (κ3) is 4.87. The lowest BCUT2D eigenvalue weighted by Crippen LogP contribution is -2.35. The Morgan fingerprint density at radius 2 is 2.12 bits per heavy atom. The molecule has 7 heteroatoms. The summed E-state index contributed by atoms with van der Waals surface area (Å²) in [4.78, 5) is 12.3. The molecule has 0 aromatic carbocycles. The summed E-state index contributed by atoms with van der Waals surface area (Å²) in [6, 6.07) is 4.05. The van der Waals surface area contributed by atoms with Crippen LogP contribution in [-0.4, -0.2) is 32.5 Å². The minimum Gasteiger partial charge on any atom is -0.461 e. The lowest BCUT2D eigenvalue weighted by atomic mass is 10.1. The van der Waals surface area contributed by atoms with Crippen molar-refractivity contribution < 1.29 is 9.21 Å². The summed E-state index contributed by atoms with van der Waals surface area (Å²) in [5.41, 5.74) is 0. The number of nitrogens with one attached hydrogen (secondary N) is 1. The monoisotopic (exact) mass is 362 g/mol. The molecule has 25 heavy (non-hydrogen) atoms. The Hall–Kier alpha value is -1.76. The number of nitrogens with zero attached hydrogens (tertiary/aromatic N) is 3. The Morgan fingerprint density at radius 1 is 1.32 bits per heavy atom. The smallest absolute Gasteiger partial charge is 0.230 e. The van der Waals surface area contributed by atoms with Crippen molar-refractivity contribution in [2.24, 2.45) is 0 Å². The third-order valence-corrected chi connectivity index (χ3v) is 5.43. The first-order chi connectivity index (χ1) is 12.3. The van der Waals surface area contributed by atoms with Gasteiger partial charge in [-0.3, -0.25) is 9.36 Å². The van der Waals surface area contributed by atoms with E-state index in [9.17, 15) is 4.79 Å². The molecule has 136 valence electrons. The Bertz CT molecular complexity index is 661. The van der Waals surface area contributed by atoms with E-state index < -0.39 is 0 Å². The molecule has 0 spiro atoms. The van der Waals surface area contributed by atoms with Gasteiger partial charge in [0.05, 0.1) is 12.0 Å². The zero-order chi connectivity index (χ0) is 17.5. The molecule has 0 aliphatic heterocycles. The lowest BCUT2D eigenvalue weighted by Gasteiger charge is -2.16. The molecule has 1 amide bonds. The molecule has 1 aliphatic carbocycles. The number of hydrogen-bond acceptors (Lipinski definition) is 5. The molecule has 0 bridgehead atoms.